The van der Waals surface area contributed by atoms with Crippen LogP contribution in [0.1, 0.15) is 24.3 Å². The Morgan fingerprint density at radius 3 is 2.63 bits per heavy atom. The maximum Gasteiger partial charge on any atom is 0.251 e. The zero-order valence-electron chi connectivity index (χ0n) is 10.3. The predicted molar refractivity (Wildman–Crippen MR) is 74.0 cm³/mol. The molecule has 19 heavy (non-hydrogen) atoms. The standard InChI is InChI=1S/C13H10Cl2N2O2/c1-7(18)10(13-17-16-8(2)19-13)6-9-4-3-5-11(14)12(9)15/h3-6H,1-2H3. The molecular weight excluding hydrogens is 287 g/mol. The first-order chi connectivity index (χ1) is 8.99. The zero-order valence-corrected chi connectivity index (χ0v) is 11.8. The van der Waals surface area contributed by atoms with Crippen LogP contribution in [-0.2, 0) is 4.79 Å². The minimum Gasteiger partial charge on any atom is -0.421 e. The summed E-state index contributed by atoms with van der Waals surface area (Å²) in [5, 5.41) is 8.33. The summed E-state index contributed by atoms with van der Waals surface area (Å²) in [5.41, 5.74) is 0.917. The Morgan fingerprint density at radius 2 is 2.05 bits per heavy atom. The Hall–Kier alpha value is -1.65. The van der Waals surface area contributed by atoms with Crippen LogP contribution in [0.3, 0.4) is 0 Å². The van der Waals surface area contributed by atoms with E-state index < -0.39 is 0 Å². The minimum atomic E-state index is -0.195. The van der Waals surface area contributed by atoms with Crippen LogP contribution in [0.4, 0.5) is 0 Å². The first-order valence-electron chi connectivity index (χ1n) is 5.46. The van der Waals surface area contributed by atoms with E-state index in [-0.39, 0.29) is 11.7 Å². The van der Waals surface area contributed by atoms with Crippen molar-refractivity contribution in [3.63, 3.8) is 0 Å². The second kappa shape index (κ2) is 5.55. The fourth-order valence-corrected chi connectivity index (χ4v) is 1.87. The van der Waals surface area contributed by atoms with E-state index in [9.17, 15) is 4.79 Å². The Kier molecular flexibility index (Phi) is 4.02. The van der Waals surface area contributed by atoms with Gasteiger partial charge >= 0.3 is 0 Å². The third kappa shape index (κ3) is 3.03. The number of carbonyl (C=O) groups is 1. The molecule has 0 saturated carbocycles. The van der Waals surface area contributed by atoms with Gasteiger partial charge in [0.2, 0.25) is 5.89 Å². The molecule has 0 saturated heterocycles. The van der Waals surface area contributed by atoms with Crippen LogP contribution in [0.15, 0.2) is 22.6 Å². The summed E-state index contributed by atoms with van der Waals surface area (Å²) in [6.07, 6.45) is 1.59. The molecule has 4 nitrogen and oxygen atoms in total. The highest BCUT2D eigenvalue weighted by Gasteiger charge is 2.15. The van der Waals surface area contributed by atoms with Crippen molar-refractivity contribution < 1.29 is 9.21 Å². The third-order valence-electron chi connectivity index (χ3n) is 2.42. The lowest BCUT2D eigenvalue weighted by atomic mass is 10.1. The molecule has 2 rings (SSSR count). The van der Waals surface area contributed by atoms with Crippen molar-refractivity contribution in [3.05, 3.63) is 45.6 Å². The lowest BCUT2D eigenvalue weighted by molar-refractivity contribution is -0.111. The fourth-order valence-electron chi connectivity index (χ4n) is 1.51. The van der Waals surface area contributed by atoms with Gasteiger partial charge in [0, 0.05) is 6.92 Å². The molecular formula is C13H10Cl2N2O2. The van der Waals surface area contributed by atoms with Crippen LogP contribution in [-0.4, -0.2) is 16.0 Å². The summed E-state index contributed by atoms with van der Waals surface area (Å²) < 4.78 is 5.26. The van der Waals surface area contributed by atoms with Gasteiger partial charge in [-0.05, 0) is 24.6 Å². The van der Waals surface area contributed by atoms with E-state index in [1.807, 2.05) is 0 Å². The molecule has 0 amide bonds. The molecule has 0 fully saturated rings. The maximum absolute atomic E-state index is 11.7. The van der Waals surface area contributed by atoms with Crippen LogP contribution >= 0.6 is 23.2 Å². The summed E-state index contributed by atoms with van der Waals surface area (Å²) >= 11 is 12.0. The normalized spacial score (nSPS) is 11.7. The molecule has 0 aliphatic heterocycles. The number of carbonyl (C=O) groups excluding carboxylic acids is 1. The number of ketones is 1. The summed E-state index contributed by atoms with van der Waals surface area (Å²) in [7, 11) is 0. The Balaban J connectivity index is 2.53. The van der Waals surface area contributed by atoms with Gasteiger partial charge < -0.3 is 4.42 Å². The molecule has 98 valence electrons. The number of aromatic nitrogens is 2. The van der Waals surface area contributed by atoms with Crippen LogP contribution in [0.2, 0.25) is 10.0 Å². The molecule has 2 aromatic rings. The largest absolute Gasteiger partial charge is 0.421 e. The van der Waals surface area contributed by atoms with E-state index in [0.29, 0.717) is 27.1 Å². The average Bonchev–Trinajstić information content (AvgIpc) is 2.77. The first kappa shape index (κ1) is 13.8. The van der Waals surface area contributed by atoms with Crippen molar-refractivity contribution in [2.75, 3.05) is 0 Å². The third-order valence-corrected chi connectivity index (χ3v) is 3.25. The molecule has 1 aromatic carbocycles. The minimum absolute atomic E-state index is 0.168. The van der Waals surface area contributed by atoms with Gasteiger partial charge in [0.1, 0.15) is 0 Å². The monoisotopic (exact) mass is 296 g/mol. The second-order valence-electron chi connectivity index (χ2n) is 3.88. The molecule has 0 bridgehead atoms. The number of aryl methyl sites for hydroxylation is 1. The van der Waals surface area contributed by atoms with Crippen LogP contribution < -0.4 is 0 Å². The molecule has 6 heteroatoms. The molecule has 0 aliphatic carbocycles. The first-order valence-corrected chi connectivity index (χ1v) is 6.21. The van der Waals surface area contributed by atoms with Gasteiger partial charge in [0.05, 0.1) is 15.6 Å². The Morgan fingerprint density at radius 1 is 1.32 bits per heavy atom. The van der Waals surface area contributed by atoms with Crippen LogP contribution in [0.5, 0.6) is 0 Å². The van der Waals surface area contributed by atoms with Gasteiger partial charge in [0.25, 0.3) is 5.89 Å². The van der Waals surface area contributed by atoms with Crippen molar-refractivity contribution in [2.24, 2.45) is 0 Å². The number of halogens is 2. The molecule has 0 unspecified atom stereocenters. The number of hydrogen-bond donors (Lipinski definition) is 0. The van der Waals surface area contributed by atoms with Crippen molar-refractivity contribution >= 4 is 40.6 Å². The summed E-state index contributed by atoms with van der Waals surface area (Å²) in [6, 6.07) is 5.17. The van der Waals surface area contributed by atoms with Gasteiger partial charge in [-0.1, -0.05) is 35.3 Å². The van der Waals surface area contributed by atoms with E-state index in [0.717, 1.165) is 0 Å². The SMILES string of the molecule is CC(=O)C(=Cc1cccc(Cl)c1Cl)c1nnc(C)o1. The molecule has 0 aliphatic rings. The highest BCUT2D eigenvalue weighted by Crippen LogP contribution is 2.29. The Bertz CT molecular complexity index is 662. The van der Waals surface area contributed by atoms with E-state index in [1.165, 1.54) is 6.92 Å². The van der Waals surface area contributed by atoms with Crippen molar-refractivity contribution in [1.29, 1.82) is 0 Å². The van der Waals surface area contributed by atoms with Gasteiger partial charge in [-0.2, -0.15) is 0 Å². The molecule has 0 spiro atoms. The number of Topliss-reactive ketones (excluding diaryl/α,β-unsaturated/α-hetero) is 1. The number of hydrogen-bond acceptors (Lipinski definition) is 4. The quantitative estimate of drug-likeness (QED) is 0.808. The fraction of sp³-hybridized carbons (Fsp3) is 0.154. The molecule has 0 radical (unpaired) electrons. The van der Waals surface area contributed by atoms with Crippen molar-refractivity contribution in [2.45, 2.75) is 13.8 Å². The summed E-state index contributed by atoms with van der Waals surface area (Å²) in [6.45, 7) is 3.07. The number of allylic oxidation sites excluding steroid dienone is 1. The zero-order chi connectivity index (χ0) is 14.0. The van der Waals surface area contributed by atoms with Gasteiger partial charge in [0.15, 0.2) is 5.78 Å². The molecule has 1 heterocycles. The molecule has 0 N–H and O–H groups in total. The second-order valence-corrected chi connectivity index (χ2v) is 4.67. The summed E-state index contributed by atoms with van der Waals surface area (Å²) in [4.78, 5) is 11.7. The molecule has 0 atom stereocenters. The van der Waals surface area contributed by atoms with Crippen molar-refractivity contribution in [1.82, 2.24) is 10.2 Å². The van der Waals surface area contributed by atoms with Crippen LogP contribution in [0, 0.1) is 6.92 Å². The lowest BCUT2D eigenvalue weighted by Crippen LogP contribution is -1.96. The van der Waals surface area contributed by atoms with Gasteiger partial charge in [-0.15, -0.1) is 10.2 Å². The predicted octanol–water partition coefficient (Wildman–Crippen LogP) is 3.81. The van der Waals surface area contributed by atoms with Gasteiger partial charge in [-0.25, -0.2) is 0 Å². The van der Waals surface area contributed by atoms with Crippen LogP contribution in [0.25, 0.3) is 11.6 Å². The van der Waals surface area contributed by atoms with E-state index in [2.05, 4.69) is 10.2 Å². The lowest BCUT2D eigenvalue weighted by Gasteiger charge is -2.02. The maximum atomic E-state index is 11.7. The van der Waals surface area contributed by atoms with E-state index in [1.54, 1.807) is 31.2 Å². The molecule has 1 aromatic heterocycles. The number of rotatable bonds is 3. The van der Waals surface area contributed by atoms with E-state index in [4.69, 9.17) is 27.6 Å². The van der Waals surface area contributed by atoms with Crippen molar-refractivity contribution in [3.8, 4) is 0 Å². The average molecular weight is 297 g/mol. The number of nitrogens with zero attached hydrogens (tertiary/aromatic N) is 2. The smallest absolute Gasteiger partial charge is 0.251 e. The topological polar surface area (TPSA) is 56.0 Å². The van der Waals surface area contributed by atoms with E-state index >= 15 is 0 Å². The highest BCUT2D eigenvalue weighted by atomic mass is 35.5. The summed E-state index contributed by atoms with van der Waals surface area (Å²) in [5.74, 6) is 0.361. The highest BCUT2D eigenvalue weighted by molar-refractivity contribution is 6.43. The van der Waals surface area contributed by atoms with Gasteiger partial charge in [-0.3, -0.25) is 4.79 Å². The number of benzene rings is 1. The Labute approximate surface area is 120 Å².